The van der Waals surface area contributed by atoms with Gasteiger partial charge in [-0.2, -0.15) is 0 Å². The third-order valence-electron chi connectivity index (χ3n) is 4.37. The molecule has 0 amide bonds. The number of esters is 1. The van der Waals surface area contributed by atoms with Crippen LogP contribution in [0.15, 0.2) is 36.0 Å². The van der Waals surface area contributed by atoms with E-state index < -0.39 is 0 Å². The van der Waals surface area contributed by atoms with E-state index in [1.54, 1.807) is 6.08 Å². The Bertz CT molecular complexity index is 471. The molecule has 0 bridgehead atoms. The fraction of sp³-hybridized carbons (Fsp3) is 0.619. The molecular weight excluding hydrogens is 300 g/mol. The predicted molar refractivity (Wildman–Crippen MR) is 98.7 cm³/mol. The molecule has 0 aromatic heterocycles. The zero-order valence-corrected chi connectivity index (χ0v) is 15.3. The molecular formula is C21H32O3. The topological polar surface area (TPSA) is 43.4 Å². The number of rotatable bonds is 12. The molecule has 0 aliphatic heterocycles. The zero-order chi connectivity index (χ0) is 17.6. The monoisotopic (exact) mass is 332 g/mol. The zero-order valence-electron chi connectivity index (χ0n) is 15.3. The molecule has 0 N–H and O–H groups in total. The van der Waals surface area contributed by atoms with Crippen LogP contribution in [0, 0.1) is 5.92 Å². The molecule has 1 atom stereocenters. The van der Waals surface area contributed by atoms with Crippen LogP contribution in [-0.2, 0) is 14.3 Å². The minimum absolute atomic E-state index is 0.144. The maximum Gasteiger partial charge on any atom is 0.305 e. The maximum absolute atomic E-state index is 12.0. The van der Waals surface area contributed by atoms with Gasteiger partial charge in [-0.25, -0.2) is 0 Å². The van der Waals surface area contributed by atoms with Gasteiger partial charge in [-0.15, -0.1) is 0 Å². The van der Waals surface area contributed by atoms with Crippen LogP contribution < -0.4 is 0 Å². The Hall–Kier alpha value is -1.64. The largest absolute Gasteiger partial charge is 0.469 e. The Labute approximate surface area is 146 Å². The Morgan fingerprint density at radius 1 is 1.12 bits per heavy atom. The standard InChI is InChI=1S/C21H32O3/c1-3-4-5-6-7-10-13-18-16-17-20(22)19(18)14-11-8-9-12-15-21(23)24-2/h7,10,14,16-18H,3-6,8-9,11-13,15H2,1-2H3. The molecule has 0 heterocycles. The minimum atomic E-state index is -0.144. The highest BCUT2D eigenvalue weighted by atomic mass is 16.5. The molecule has 0 aromatic carbocycles. The lowest BCUT2D eigenvalue weighted by Crippen LogP contribution is -2.02. The molecule has 0 saturated heterocycles. The van der Waals surface area contributed by atoms with Crippen LogP contribution in [0.25, 0.3) is 0 Å². The molecule has 0 saturated carbocycles. The van der Waals surface area contributed by atoms with Gasteiger partial charge in [-0.05, 0) is 44.6 Å². The van der Waals surface area contributed by atoms with E-state index in [0.717, 1.165) is 44.1 Å². The summed E-state index contributed by atoms with van der Waals surface area (Å²) in [7, 11) is 1.42. The van der Waals surface area contributed by atoms with Crippen LogP contribution >= 0.6 is 0 Å². The van der Waals surface area contributed by atoms with Crippen molar-refractivity contribution in [3.63, 3.8) is 0 Å². The Morgan fingerprint density at radius 3 is 2.67 bits per heavy atom. The van der Waals surface area contributed by atoms with Gasteiger partial charge in [-0.1, -0.05) is 50.5 Å². The van der Waals surface area contributed by atoms with E-state index in [0.29, 0.717) is 6.42 Å². The number of hydrogen-bond acceptors (Lipinski definition) is 3. The van der Waals surface area contributed by atoms with Crippen LogP contribution in [0.1, 0.15) is 71.1 Å². The van der Waals surface area contributed by atoms with Crippen molar-refractivity contribution in [1.29, 1.82) is 0 Å². The molecule has 1 rings (SSSR count). The van der Waals surface area contributed by atoms with Crippen molar-refractivity contribution in [2.45, 2.75) is 71.1 Å². The number of hydrogen-bond donors (Lipinski definition) is 0. The SMILES string of the molecule is CCCCCC=CCC1C=CC(=O)C1=CCCCCCC(=O)OC. The van der Waals surface area contributed by atoms with Gasteiger partial charge in [0.25, 0.3) is 0 Å². The summed E-state index contributed by atoms with van der Waals surface area (Å²) >= 11 is 0. The first kappa shape index (κ1) is 20.4. The summed E-state index contributed by atoms with van der Waals surface area (Å²) in [5.41, 5.74) is 0.946. The highest BCUT2D eigenvalue weighted by molar-refractivity contribution is 6.07. The normalized spacial score (nSPS) is 18.8. The second-order valence-electron chi connectivity index (χ2n) is 6.37. The van der Waals surface area contributed by atoms with E-state index in [9.17, 15) is 9.59 Å². The van der Waals surface area contributed by atoms with Gasteiger partial charge in [0.15, 0.2) is 5.78 Å². The van der Waals surface area contributed by atoms with Crippen molar-refractivity contribution >= 4 is 11.8 Å². The van der Waals surface area contributed by atoms with Crippen LogP contribution in [0.3, 0.4) is 0 Å². The fourth-order valence-corrected chi connectivity index (χ4v) is 2.87. The third-order valence-corrected chi connectivity index (χ3v) is 4.37. The van der Waals surface area contributed by atoms with Crippen molar-refractivity contribution in [2.24, 2.45) is 5.92 Å². The first-order valence-electron chi connectivity index (χ1n) is 9.33. The highest BCUT2D eigenvalue weighted by Gasteiger charge is 2.21. The van der Waals surface area contributed by atoms with Gasteiger partial charge in [0, 0.05) is 17.9 Å². The average molecular weight is 332 g/mol. The molecule has 3 nitrogen and oxygen atoms in total. The number of allylic oxidation sites excluding steroid dienone is 6. The lowest BCUT2D eigenvalue weighted by molar-refractivity contribution is -0.140. The first-order valence-corrected chi connectivity index (χ1v) is 9.33. The summed E-state index contributed by atoms with van der Waals surface area (Å²) in [4.78, 5) is 23.0. The third kappa shape index (κ3) is 8.28. The molecule has 0 spiro atoms. The van der Waals surface area contributed by atoms with Gasteiger partial charge < -0.3 is 4.74 Å². The number of carbonyl (C=O) groups is 2. The average Bonchev–Trinajstić information content (AvgIpc) is 2.94. The maximum atomic E-state index is 12.0. The van der Waals surface area contributed by atoms with Crippen LogP contribution in [0.4, 0.5) is 0 Å². The van der Waals surface area contributed by atoms with Crippen LogP contribution in [0.2, 0.25) is 0 Å². The molecule has 1 unspecified atom stereocenters. The van der Waals surface area contributed by atoms with Crippen molar-refractivity contribution in [1.82, 2.24) is 0 Å². The molecule has 0 radical (unpaired) electrons. The van der Waals surface area contributed by atoms with Crippen molar-refractivity contribution in [3.8, 4) is 0 Å². The molecule has 0 aromatic rings. The lowest BCUT2D eigenvalue weighted by atomic mass is 9.96. The molecule has 1 aliphatic carbocycles. The van der Waals surface area contributed by atoms with E-state index in [1.165, 1.54) is 26.4 Å². The van der Waals surface area contributed by atoms with Crippen molar-refractivity contribution in [2.75, 3.05) is 7.11 Å². The van der Waals surface area contributed by atoms with Crippen molar-refractivity contribution < 1.29 is 14.3 Å². The molecule has 134 valence electrons. The fourth-order valence-electron chi connectivity index (χ4n) is 2.87. The molecule has 0 fully saturated rings. The number of carbonyl (C=O) groups excluding carboxylic acids is 2. The van der Waals surface area contributed by atoms with E-state index in [-0.39, 0.29) is 17.7 Å². The van der Waals surface area contributed by atoms with Gasteiger partial charge in [-0.3, -0.25) is 9.59 Å². The Morgan fingerprint density at radius 2 is 1.92 bits per heavy atom. The van der Waals surface area contributed by atoms with Crippen molar-refractivity contribution in [3.05, 3.63) is 36.0 Å². The minimum Gasteiger partial charge on any atom is -0.469 e. The Kier molecular flexibility index (Phi) is 10.8. The Balaban J connectivity index is 2.28. The number of methoxy groups -OCH3 is 1. The first-order chi connectivity index (χ1) is 11.7. The van der Waals surface area contributed by atoms with Crippen LogP contribution in [0.5, 0.6) is 0 Å². The second-order valence-corrected chi connectivity index (χ2v) is 6.37. The summed E-state index contributed by atoms with van der Waals surface area (Å²) < 4.78 is 4.62. The van der Waals surface area contributed by atoms with Gasteiger partial charge in [0.05, 0.1) is 7.11 Å². The molecule has 1 aliphatic rings. The quantitative estimate of drug-likeness (QED) is 0.210. The van der Waals surface area contributed by atoms with Gasteiger partial charge in [0.1, 0.15) is 0 Å². The van der Waals surface area contributed by atoms with E-state index in [4.69, 9.17) is 0 Å². The highest BCUT2D eigenvalue weighted by Crippen LogP contribution is 2.26. The second kappa shape index (κ2) is 12.7. The summed E-state index contributed by atoms with van der Waals surface area (Å²) in [6.45, 7) is 2.21. The summed E-state index contributed by atoms with van der Waals surface area (Å²) in [5.74, 6) is 0.262. The van der Waals surface area contributed by atoms with E-state index in [2.05, 4.69) is 29.9 Å². The van der Waals surface area contributed by atoms with E-state index >= 15 is 0 Å². The van der Waals surface area contributed by atoms with Gasteiger partial charge in [0.2, 0.25) is 0 Å². The van der Waals surface area contributed by atoms with E-state index in [1.807, 2.05) is 6.08 Å². The summed E-state index contributed by atoms with van der Waals surface area (Å²) in [6, 6.07) is 0. The predicted octanol–water partition coefficient (Wildman–Crippen LogP) is 5.32. The number of unbranched alkanes of at least 4 members (excludes halogenated alkanes) is 6. The number of ketones is 1. The van der Waals surface area contributed by atoms with Gasteiger partial charge >= 0.3 is 5.97 Å². The number of ether oxygens (including phenoxy) is 1. The summed E-state index contributed by atoms with van der Waals surface area (Å²) in [6.07, 6.45) is 20.4. The van der Waals surface area contributed by atoms with Crippen LogP contribution in [-0.4, -0.2) is 18.9 Å². The lowest BCUT2D eigenvalue weighted by Gasteiger charge is -2.07. The summed E-state index contributed by atoms with van der Waals surface area (Å²) in [5, 5.41) is 0. The smallest absolute Gasteiger partial charge is 0.305 e. The molecule has 24 heavy (non-hydrogen) atoms. The molecule has 3 heteroatoms.